The zero-order chi connectivity index (χ0) is 13.0. The van der Waals surface area contributed by atoms with Gasteiger partial charge in [0.25, 0.3) is 0 Å². The third-order valence-corrected chi connectivity index (χ3v) is 4.09. The number of nitrogens with zero attached hydrogens (tertiary/aromatic N) is 3. The average molecular weight is 252 g/mol. The molecular weight excluding hydrogens is 228 g/mol. The summed E-state index contributed by atoms with van der Waals surface area (Å²) in [5, 5.41) is 11.4. The minimum Gasteiger partial charge on any atom is -0.379 e. The average Bonchev–Trinajstić information content (AvgIpc) is 2.83. The number of nitrogens with one attached hydrogen (secondary N) is 1. The third kappa shape index (κ3) is 2.72. The Balaban J connectivity index is 2.15. The fourth-order valence-electron chi connectivity index (χ4n) is 3.12. The van der Waals surface area contributed by atoms with E-state index in [1.807, 2.05) is 32.1 Å². The highest BCUT2D eigenvalue weighted by atomic mass is 16.5. The van der Waals surface area contributed by atoms with Gasteiger partial charge in [-0.1, -0.05) is 24.5 Å². The second kappa shape index (κ2) is 6.29. The van der Waals surface area contributed by atoms with Gasteiger partial charge in [-0.2, -0.15) is 0 Å². The summed E-state index contributed by atoms with van der Waals surface area (Å²) in [5.74, 6) is 0.635. The standard InChI is InChI=1S/C13H24N4O/c1-14-12(11-9-15-16-17(11)2)13(18-3)10-7-5-4-6-8-10/h9-10,12-14H,4-8H2,1-3H3. The highest BCUT2D eigenvalue weighted by molar-refractivity contribution is 5.05. The van der Waals surface area contributed by atoms with Gasteiger partial charge in [0, 0.05) is 14.2 Å². The summed E-state index contributed by atoms with van der Waals surface area (Å²) in [7, 11) is 5.72. The number of hydrogen-bond donors (Lipinski definition) is 1. The van der Waals surface area contributed by atoms with Crippen LogP contribution >= 0.6 is 0 Å². The summed E-state index contributed by atoms with van der Waals surface area (Å²) >= 11 is 0. The second-order valence-electron chi connectivity index (χ2n) is 5.15. The molecule has 0 radical (unpaired) electrons. The molecule has 1 fully saturated rings. The molecule has 2 unspecified atom stereocenters. The molecular formula is C13H24N4O. The molecule has 0 bridgehead atoms. The lowest BCUT2D eigenvalue weighted by molar-refractivity contribution is 0.00749. The fraction of sp³-hybridized carbons (Fsp3) is 0.846. The zero-order valence-electron chi connectivity index (χ0n) is 11.6. The molecule has 5 nitrogen and oxygen atoms in total. The molecule has 5 heteroatoms. The van der Waals surface area contributed by atoms with E-state index in [0.717, 1.165) is 5.69 Å². The summed E-state index contributed by atoms with van der Waals surface area (Å²) in [4.78, 5) is 0. The largest absolute Gasteiger partial charge is 0.379 e. The van der Waals surface area contributed by atoms with Crippen LogP contribution in [0.25, 0.3) is 0 Å². The van der Waals surface area contributed by atoms with Crippen molar-refractivity contribution < 1.29 is 4.74 Å². The lowest BCUT2D eigenvalue weighted by Gasteiger charge is -2.34. The van der Waals surface area contributed by atoms with Crippen LogP contribution in [-0.2, 0) is 11.8 Å². The van der Waals surface area contributed by atoms with Crippen LogP contribution in [0.1, 0.15) is 43.8 Å². The van der Waals surface area contributed by atoms with Crippen LogP contribution in [0.2, 0.25) is 0 Å². The monoisotopic (exact) mass is 252 g/mol. The van der Waals surface area contributed by atoms with Crippen molar-refractivity contribution in [2.24, 2.45) is 13.0 Å². The Morgan fingerprint density at radius 3 is 2.61 bits per heavy atom. The minimum atomic E-state index is 0.165. The van der Waals surface area contributed by atoms with Crippen molar-refractivity contribution in [2.45, 2.75) is 44.2 Å². The maximum absolute atomic E-state index is 5.79. The SMILES string of the molecule is CNC(c1cnnn1C)C(OC)C1CCCCC1. The molecule has 1 aromatic heterocycles. The Morgan fingerprint density at radius 2 is 2.11 bits per heavy atom. The molecule has 0 aromatic carbocycles. The fourth-order valence-corrected chi connectivity index (χ4v) is 3.12. The number of rotatable bonds is 5. The van der Waals surface area contributed by atoms with Gasteiger partial charge in [-0.3, -0.25) is 4.68 Å². The summed E-state index contributed by atoms with van der Waals surface area (Å²) in [5.41, 5.74) is 1.09. The van der Waals surface area contributed by atoms with Crippen LogP contribution in [0, 0.1) is 5.92 Å². The maximum atomic E-state index is 5.79. The van der Waals surface area contributed by atoms with Gasteiger partial charge in [-0.05, 0) is 25.8 Å². The van der Waals surface area contributed by atoms with Crippen LogP contribution in [0.15, 0.2) is 6.20 Å². The normalized spacial score (nSPS) is 20.8. The molecule has 0 spiro atoms. The van der Waals surface area contributed by atoms with E-state index in [-0.39, 0.29) is 12.1 Å². The van der Waals surface area contributed by atoms with E-state index in [4.69, 9.17) is 4.74 Å². The van der Waals surface area contributed by atoms with Crippen LogP contribution in [-0.4, -0.2) is 35.3 Å². The van der Waals surface area contributed by atoms with E-state index in [1.165, 1.54) is 32.1 Å². The highest BCUT2D eigenvalue weighted by Gasteiger charge is 2.32. The number of methoxy groups -OCH3 is 1. The molecule has 1 aliphatic rings. The van der Waals surface area contributed by atoms with Gasteiger partial charge in [0.2, 0.25) is 0 Å². The van der Waals surface area contributed by atoms with Crippen LogP contribution in [0.5, 0.6) is 0 Å². The lowest BCUT2D eigenvalue weighted by atomic mass is 9.82. The van der Waals surface area contributed by atoms with Gasteiger partial charge in [-0.25, -0.2) is 0 Å². The molecule has 18 heavy (non-hydrogen) atoms. The van der Waals surface area contributed by atoms with Crippen LogP contribution in [0.4, 0.5) is 0 Å². The molecule has 1 saturated carbocycles. The number of hydrogen-bond acceptors (Lipinski definition) is 4. The van der Waals surface area contributed by atoms with Gasteiger partial charge in [-0.15, -0.1) is 5.10 Å². The number of aromatic nitrogens is 3. The molecule has 102 valence electrons. The third-order valence-electron chi connectivity index (χ3n) is 4.09. The van der Waals surface area contributed by atoms with Crippen molar-refractivity contribution in [1.29, 1.82) is 0 Å². The second-order valence-corrected chi connectivity index (χ2v) is 5.15. The quantitative estimate of drug-likeness (QED) is 0.866. The van der Waals surface area contributed by atoms with Crippen molar-refractivity contribution in [1.82, 2.24) is 20.3 Å². The van der Waals surface area contributed by atoms with Gasteiger partial charge in [0.1, 0.15) is 0 Å². The Kier molecular flexibility index (Phi) is 4.72. The highest BCUT2D eigenvalue weighted by Crippen LogP contribution is 2.33. The predicted molar refractivity (Wildman–Crippen MR) is 70.2 cm³/mol. The van der Waals surface area contributed by atoms with Crippen molar-refractivity contribution in [3.05, 3.63) is 11.9 Å². The maximum Gasteiger partial charge on any atom is 0.0809 e. The first kappa shape index (κ1) is 13.5. The van der Waals surface area contributed by atoms with Gasteiger partial charge < -0.3 is 10.1 Å². The summed E-state index contributed by atoms with van der Waals surface area (Å²) in [6.45, 7) is 0. The molecule has 2 atom stereocenters. The molecule has 1 aromatic rings. The molecule has 1 aliphatic carbocycles. The van der Waals surface area contributed by atoms with E-state index < -0.39 is 0 Å². The van der Waals surface area contributed by atoms with Crippen molar-refractivity contribution >= 4 is 0 Å². The lowest BCUT2D eigenvalue weighted by Crippen LogP contribution is -2.38. The molecule has 0 amide bonds. The van der Waals surface area contributed by atoms with Gasteiger partial charge in [0.15, 0.2) is 0 Å². The number of likely N-dealkylation sites (N-methyl/N-ethyl adjacent to an activating group) is 1. The van der Waals surface area contributed by atoms with E-state index in [0.29, 0.717) is 5.92 Å². The predicted octanol–water partition coefficient (Wildman–Crippen LogP) is 1.67. The van der Waals surface area contributed by atoms with E-state index >= 15 is 0 Å². The Labute approximate surface area is 109 Å². The zero-order valence-corrected chi connectivity index (χ0v) is 11.6. The molecule has 1 N–H and O–H groups in total. The minimum absolute atomic E-state index is 0.165. The van der Waals surface area contributed by atoms with E-state index in [9.17, 15) is 0 Å². The molecule has 2 rings (SSSR count). The number of aryl methyl sites for hydroxylation is 1. The first-order chi connectivity index (χ1) is 8.77. The Hall–Kier alpha value is -0.940. The van der Waals surface area contributed by atoms with Crippen molar-refractivity contribution in [3.8, 4) is 0 Å². The van der Waals surface area contributed by atoms with Crippen molar-refractivity contribution in [3.63, 3.8) is 0 Å². The topological polar surface area (TPSA) is 52.0 Å². The molecule has 1 heterocycles. The summed E-state index contributed by atoms with van der Waals surface area (Å²) in [6.07, 6.45) is 8.58. The molecule has 0 aliphatic heterocycles. The Morgan fingerprint density at radius 1 is 1.39 bits per heavy atom. The summed E-state index contributed by atoms with van der Waals surface area (Å²) in [6, 6.07) is 0.165. The number of ether oxygens (including phenoxy) is 1. The smallest absolute Gasteiger partial charge is 0.0809 e. The first-order valence-electron chi connectivity index (χ1n) is 6.82. The van der Waals surface area contributed by atoms with E-state index in [2.05, 4.69) is 15.6 Å². The molecule has 0 saturated heterocycles. The van der Waals surface area contributed by atoms with Gasteiger partial charge in [0.05, 0.1) is 24.0 Å². The van der Waals surface area contributed by atoms with Gasteiger partial charge >= 0.3 is 0 Å². The summed E-state index contributed by atoms with van der Waals surface area (Å²) < 4.78 is 7.62. The van der Waals surface area contributed by atoms with Crippen LogP contribution < -0.4 is 5.32 Å². The van der Waals surface area contributed by atoms with Crippen LogP contribution in [0.3, 0.4) is 0 Å². The van der Waals surface area contributed by atoms with Crippen molar-refractivity contribution in [2.75, 3.05) is 14.2 Å². The Bertz CT molecular complexity index is 360. The van der Waals surface area contributed by atoms with E-state index in [1.54, 1.807) is 0 Å². The first-order valence-corrected chi connectivity index (χ1v) is 6.82.